The molecule has 3 aromatic rings. The first-order valence-electron chi connectivity index (χ1n) is 10.6. The minimum Gasteiger partial charge on any atom is -0.361 e. The van der Waals surface area contributed by atoms with Gasteiger partial charge in [0.25, 0.3) is 0 Å². The molecule has 0 amide bonds. The molecule has 2 unspecified atom stereocenters. The van der Waals surface area contributed by atoms with Crippen molar-refractivity contribution in [1.29, 1.82) is 0 Å². The first kappa shape index (κ1) is 17.7. The zero-order chi connectivity index (χ0) is 19.1. The Kier molecular flexibility index (Phi) is 4.55. The van der Waals surface area contributed by atoms with Gasteiger partial charge in [-0.3, -0.25) is 14.3 Å². The second kappa shape index (κ2) is 7.21. The average Bonchev–Trinajstić information content (AvgIpc) is 3.15. The molecular weight excluding hydrogens is 346 g/mol. The van der Waals surface area contributed by atoms with Crippen molar-refractivity contribution in [2.24, 2.45) is 5.92 Å². The molecule has 4 heterocycles. The minimum absolute atomic E-state index is 0.446. The number of piperidine rings is 1. The maximum Gasteiger partial charge on any atom is 0.138 e. The van der Waals surface area contributed by atoms with Gasteiger partial charge in [-0.05, 0) is 68.8 Å². The predicted molar refractivity (Wildman–Crippen MR) is 113 cm³/mol. The summed E-state index contributed by atoms with van der Waals surface area (Å²) in [6.45, 7) is 5.18. The van der Waals surface area contributed by atoms with Crippen LogP contribution in [0.15, 0.2) is 42.7 Å². The molecule has 146 valence electrons. The van der Waals surface area contributed by atoms with E-state index in [1.807, 2.05) is 6.20 Å². The van der Waals surface area contributed by atoms with E-state index in [9.17, 15) is 0 Å². The van der Waals surface area contributed by atoms with E-state index >= 15 is 0 Å². The number of hydrogen-bond acceptors (Lipinski definition) is 4. The largest absolute Gasteiger partial charge is 0.361 e. The van der Waals surface area contributed by atoms with Gasteiger partial charge in [-0.15, -0.1) is 0 Å². The normalized spacial score (nSPS) is 22.1. The molecule has 0 spiro atoms. The molecule has 0 bridgehead atoms. The number of aryl methyl sites for hydroxylation is 1. The van der Waals surface area contributed by atoms with Crippen LogP contribution in [0.25, 0.3) is 5.65 Å². The van der Waals surface area contributed by atoms with Gasteiger partial charge >= 0.3 is 0 Å². The van der Waals surface area contributed by atoms with Gasteiger partial charge in [-0.1, -0.05) is 12.1 Å². The van der Waals surface area contributed by atoms with E-state index < -0.39 is 0 Å². The zero-order valence-corrected chi connectivity index (χ0v) is 16.9. The van der Waals surface area contributed by atoms with Crippen LogP contribution in [-0.4, -0.2) is 39.4 Å². The minimum atomic E-state index is 0.446. The van der Waals surface area contributed by atoms with Crippen LogP contribution in [0.5, 0.6) is 0 Å². The van der Waals surface area contributed by atoms with Crippen LogP contribution in [0.3, 0.4) is 0 Å². The molecule has 0 radical (unpaired) electrons. The first-order valence-corrected chi connectivity index (χ1v) is 10.6. The Morgan fingerprint density at radius 2 is 2.11 bits per heavy atom. The topological polar surface area (TPSA) is 36.7 Å². The van der Waals surface area contributed by atoms with E-state index in [1.165, 1.54) is 42.8 Å². The molecule has 2 aliphatic rings. The van der Waals surface area contributed by atoms with Gasteiger partial charge in [0.2, 0.25) is 0 Å². The van der Waals surface area contributed by atoms with E-state index in [0.29, 0.717) is 6.04 Å². The maximum atomic E-state index is 4.95. The van der Waals surface area contributed by atoms with Crippen LogP contribution in [0.2, 0.25) is 0 Å². The van der Waals surface area contributed by atoms with Crippen molar-refractivity contribution < 1.29 is 0 Å². The lowest BCUT2D eigenvalue weighted by molar-refractivity contribution is 0.0687. The molecule has 5 heteroatoms. The van der Waals surface area contributed by atoms with Gasteiger partial charge in [0.1, 0.15) is 11.5 Å². The van der Waals surface area contributed by atoms with Crippen LogP contribution in [0.4, 0.5) is 5.82 Å². The maximum absolute atomic E-state index is 4.95. The number of rotatable bonds is 4. The van der Waals surface area contributed by atoms with Gasteiger partial charge in [0, 0.05) is 32.5 Å². The van der Waals surface area contributed by atoms with E-state index in [1.54, 1.807) is 0 Å². The molecule has 1 saturated heterocycles. The summed E-state index contributed by atoms with van der Waals surface area (Å²) in [4.78, 5) is 14.7. The van der Waals surface area contributed by atoms with Crippen molar-refractivity contribution in [1.82, 2.24) is 19.3 Å². The fourth-order valence-corrected chi connectivity index (χ4v) is 5.10. The molecular formula is C23H29N5. The summed E-state index contributed by atoms with van der Waals surface area (Å²) >= 11 is 0. The average molecular weight is 376 g/mol. The Labute approximate surface area is 167 Å². The Balaban J connectivity index is 1.47. The summed E-state index contributed by atoms with van der Waals surface area (Å²) in [5.41, 5.74) is 4.94. The highest BCUT2D eigenvalue weighted by Crippen LogP contribution is 2.43. The lowest BCUT2D eigenvalue weighted by Gasteiger charge is -2.44. The summed E-state index contributed by atoms with van der Waals surface area (Å²) in [6, 6.07) is 11.2. The highest BCUT2D eigenvalue weighted by molar-refractivity contribution is 5.52. The Hall–Kier alpha value is -2.40. The third kappa shape index (κ3) is 2.98. The second-order valence-electron chi connectivity index (χ2n) is 8.26. The fraction of sp³-hybridized carbons (Fsp3) is 0.478. The molecule has 3 aromatic heterocycles. The molecule has 28 heavy (non-hydrogen) atoms. The van der Waals surface area contributed by atoms with Crippen LogP contribution in [-0.2, 0) is 13.0 Å². The van der Waals surface area contributed by atoms with Gasteiger partial charge in [0.15, 0.2) is 0 Å². The third-order valence-electron chi connectivity index (χ3n) is 6.60. The van der Waals surface area contributed by atoms with E-state index in [4.69, 9.17) is 9.97 Å². The summed E-state index contributed by atoms with van der Waals surface area (Å²) < 4.78 is 2.23. The molecule has 5 rings (SSSR count). The van der Waals surface area contributed by atoms with Gasteiger partial charge < -0.3 is 4.90 Å². The van der Waals surface area contributed by atoms with Crippen molar-refractivity contribution in [2.45, 2.75) is 45.2 Å². The highest BCUT2D eigenvalue weighted by Gasteiger charge is 2.37. The van der Waals surface area contributed by atoms with Crippen molar-refractivity contribution >= 4 is 11.5 Å². The molecule has 1 aliphatic carbocycles. The fourth-order valence-electron chi connectivity index (χ4n) is 5.10. The van der Waals surface area contributed by atoms with Crippen molar-refractivity contribution in [2.75, 3.05) is 25.0 Å². The number of fused-ring (bicyclic) bond motifs is 4. The Bertz CT molecular complexity index is 978. The number of likely N-dealkylation sites (tertiary alicyclic amines) is 1. The highest BCUT2D eigenvalue weighted by atomic mass is 15.2. The number of aromatic nitrogens is 3. The number of pyridine rings is 2. The lowest BCUT2D eigenvalue weighted by Crippen LogP contribution is -2.41. The summed E-state index contributed by atoms with van der Waals surface area (Å²) in [5, 5.41) is 0. The number of nitrogens with zero attached hydrogens (tertiary/aromatic N) is 5. The van der Waals surface area contributed by atoms with Gasteiger partial charge in [0.05, 0.1) is 17.4 Å². The molecule has 1 fully saturated rings. The first-order chi connectivity index (χ1) is 13.7. The number of anilines is 1. The number of hydrogen-bond donors (Lipinski definition) is 0. The number of imidazole rings is 1. The van der Waals surface area contributed by atoms with E-state index in [2.05, 4.69) is 64.7 Å². The Morgan fingerprint density at radius 3 is 3.00 bits per heavy atom. The van der Waals surface area contributed by atoms with E-state index in [0.717, 1.165) is 36.9 Å². The quantitative estimate of drug-likeness (QED) is 0.688. The molecule has 5 nitrogen and oxygen atoms in total. The monoisotopic (exact) mass is 375 g/mol. The Morgan fingerprint density at radius 1 is 1.18 bits per heavy atom. The van der Waals surface area contributed by atoms with Crippen molar-refractivity contribution in [3.63, 3.8) is 0 Å². The van der Waals surface area contributed by atoms with Crippen LogP contribution in [0.1, 0.15) is 49.2 Å². The molecule has 0 N–H and O–H groups in total. The predicted octanol–water partition coefficient (Wildman–Crippen LogP) is 4.08. The van der Waals surface area contributed by atoms with E-state index in [-0.39, 0.29) is 0 Å². The second-order valence-corrected chi connectivity index (χ2v) is 8.26. The molecule has 2 atom stereocenters. The SMILES string of the molecule is CCN(C)c1cccc2nc(CN3CCCC4CCc5cccnc5C43)cn12. The van der Waals surface area contributed by atoms with Crippen molar-refractivity contribution in [3.05, 3.63) is 59.7 Å². The van der Waals surface area contributed by atoms with Crippen molar-refractivity contribution in [3.8, 4) is 0 Å². The van der Waals surface area contributed by atoms with Gasteiger partial charge in [-0.25, -0.2) is 4.98 Å². The molecule has 0 aromatic carbocycles. The van der Waals surface area contributed by atoms with Crippen LogP contribution >= 0.6 is 0 Å². The summed E-state index contributed by atoms with van der Waals surface area (Å²) in [5.74, 6) is 1.93. The summed E-state index contributed by atoms with van der Waals surface area (Å²) in [6.07, 6.45) is 9.26. The lowest BCUT2D eigenvalue weighted by atomic mass is 9.77. The van der Waals surface area contributed by atoms with Crippen LogP contribution < -0.4 is 4.90 Å². The van der Waals surface area contributed by atoms with Crippen LogP contribution in [0, 0.1) is 5.92 Å². The third-order valence-corrected chi connectivity index (χ3v) is 6.60. The summed E-state index contributed by atoms with van der Waals surface area (Å²) in [7, 11) is 2.13. The van der Waals surface area contributed by atoms with Gasteiger partial charge in [-0.2, -0.15) is 0 Å². The molecule has 1 aliphatic heterocycles. The standard InChI is InChI=1S/C23H29N5/c1-3-26(2)21-10-4-9-20-25-19(16-28(20)21)15-27-14-6-8-18-12-11-17-7-5-13-24-22(17)23(18)27/h4-5,7,9-10,13,16,18,23H,3,6,8,11-12,14-15H2,1-2H3. The smallest absolute Gasteiger partial charge is 0.138 e. The molecule has 0 saturated carbocycles. The zero-order valence-electron chi connectivity index (χ0n) is 16.9.